The minimum atomic E-state index is -0.184. The van der Waals surface area contributed by atoms with E-state index in [2.05, 4.69) is 36.2 Å². The van der Waals surface area contributed by atoms with E-state index in [4.69, 9.17) is 11.6 Å². The van der Waals surface area contributed by atoms with Gasteiger partial charge in [0.2, 0.25) is 5.95 Å². The first-order valence-electron chi connectivity index (χ1n) is 8.20. The molecule has 8 heteroatoms. The summed E-state index contributed by atoms with van der Waals surface area (Å²) in [6, 6.07) is 4.14. The van der Waals surface area contributed by atoms with Gasteiger partial charge in [-0.25, -0.2) is 15.0 Å². The molecule has 1 fully saturated rings. The fourth-order valence-electron chi connectivity index (χ4n) is 3.15. The molecule has 0 aliphatic heterocycles. The molecular formula is C17H17BrClN5O. The molecule has 3 aromatic heterocycles. The van der Waals surface area contributed by atoms with E-state index in [-0.39, 0.29) is 12.1 Å². The van der Waals surface area contributed by atoms with Crippen LogP contribution in [0.15, 0.2) is 35.2 Å². The van der Waals surface area contributed by atoms with E-state index < -0.39 is 0 Å². The van der Waals surface area contributed by atoms with Gasteiger partial charge in [-0.2, -0.15) is 0 Å². The summed E-state index contributed by atoms with van der Waals surface area (Å²) >= 11 is 9.83. The lowest BCUT2D eigenvalue weighted by atomic mass is 9.93. The van der Waals surface area contributed by atoms with Crippen LogP contribution >= 0.6 is 27.5 Å². The Labute approximate surface area is 158 Å². The Morgan fingerprint density at radius 2 is 1.96 bits per heavy atom. The quantitative estimate of drug-likeness (QED) is 0.669. The van der Waals surface area contributed by atoms with Gasteiger partial charge in [-0.3, -0.25) is 4.40 Å². The Balaban J connectivity index is 1.66. The molecule has 0 aromatic carbocycles. The second-order valence-electron chi connectivity index (χ2n) is 6.26. The number of aliphatic hydroxyl groups is 1. The molecule has 4 rings (SSSR count). The predicted octanol–water partition coefficient (Wildman–Crippen LogP) is 3.92. The highest BCUT2D eigenvalue weighted by Gasteiger charge is 2.20. The molecule has 1 aliphatic carbocycles. The molecular weight excluding hydrogens is 406 g/mol. The number of hydrogen-bond acceptors (Lipinski definition) is 5. The number of anilines is 1. The van der Waals surface area contributed by atoms with Gasteiger partial charge in [0.05, 0.1) is 29.2 Å². The summed E-state index contributed by atoms with van der Waals surface area (Å²) in [6.07, 6.45) is 8.55. The average molecular weight is 423 g/mol. The number of pyridine rings is 1. The van der Waals surface area contributed by atoms with Crippen molar-refractivity contribution in [2.24, 2.45) is 0 Å². The molecule has 130 valence electrons. The van der Waals surface area contributed by atoms with E-state index in [1.807, 2.05) is 22.7 Å². The maximum Gasteiger partial charge on any atom is 0.223 e. The zero-order chi connectivity index (χ0) is 17.4. The van der Waals surface area contributed by atoms with E-state index in [1.165, 1.54) is 0 Å². The fourth-order valence-corrected chi connectivity index (χ4v) is 3.67. The number of imidazole rings is 1. The average Bonchev–Trinajstić information content (AvgIpc) is 3.01. The summed E-state index contributed by atoms with van der Waals surface area (Å²) in [5.74, 6) is 0.547. The van der Waals surface area contributed by atoms with Gasteiger partial charge in [0.1, 0.15) is 11.3 Å². The van der Waals surface area contributed by atoms with E-state index in [1.54, 1.807) is 12.4 Å². The molecule has 3 aromatic rings. The summed E-state index contributed by atoms with van der Waals surface area (Å²) in [6.45, 7) is 0. The van der Waals surface area contributed by atoms with Crippen LogP contribution < -0.4 is 5.32 Å². The van der Waals surface area contributed by atoms with E-state index >= 15 is 0 Å². The monoisotopic (exact) mass is 421 g/mol. The van der Waals surface area contributed by atoms with Gasteiger partial charge in [0.25, 0.3) is 0 Å². The molecule has 1 saturated carbocycles. The normalized spacial score (nSPS) is 20.8. The van der Waals surface area contributed by atoms with Crippen LogP contribution in [0.1, 0.15) is 25.7 Å². The van der Waals surface area contributed by atoms with Crippen molar-refractivity contribution in [3.05, 3.63) is 40.2 Å². The molecule has 3 heterocycles. The van der Waals surface area contributed by atoms with Crippen LogP contribution in [0.4, 0.5) is 5.95 Å². The molecule has 2 N–H and O–H groups in total. The Bertz CT molecular complexity index is 907. The number of halogens is 2. The molecule has 0 radical (unpaired) electrons. The first-order valence-corrected chi connectivity index (χ1v) is 9.37. The molecule has 6 nitrogen and oxygen atoms in total. The van der Waals surface area contributed by atoms with Crippen molar-refractivity contribution in [3.8, 4) is 11.4 Å². The number of nitrogens with one attached hydrogen (secondary N) is 1. The number of fused-ring (bicyclic) bond motifs is 1. The zero-order valence-electron chi connectivity index (χ0n) is 13.4. The molecule has 25 heavy (non-hydrogen) atoms. The van der Waals surface area contributed by atoms with Gasteiger partial charge in [-0.15, -0.1) is 0 Å². The third-order valence-electron chi connectivity index (χ3n) is 4.49. The van der Waals surface area contributed by atoms with Crippen molar-refractivity contribution in [2.75, 3.05) is 5.32 Å². The van der Waals surface area contributed by atoms with Gasteiger partial charge < -0.3 is 10.4 Å². The first-order chi connectivity index (χ1) is 12.1. The van der Waals surface area contributed by atoms with Gasteiger partial charge in [0, 0.05) is 16.7 Å². The summed E-state index contributed by atoms with van der Waals surface area (Å²) in [5.41, 5.74) is 2.27. The minimum absolute atomic E-state index is 0.184. The Morgan fingerprint density at radius 1 is 1.16 bits per heavy atom. The summed E-state index contributed by atoms with van der Waals surface area (Å²) in [5, 5.41) is 13.5. The molecule has 0 saturated heterocycles. The second-order valence-corrected chi connectivity index (χ2v) is 7.58. The zero-order valence-corrected chi connectivity index (χ0v) is 15.7. The Hall–Kier alpha value is -1.70. The van der Waals surface area contributed by atoms with Crippen molar-refractivity contribution in [1.82, 2.24) is 19.4 Å². The maximum absolute atomic E-state index is 9.63. The van der Waals surface area contributed by atoms with Gasteiger partial charge in [-0.05, 0) is 53.7 Å². The number of nitrogens with zero attached hydrogens (tertiary/aromatic N) is 4. The minimum Gasteiger partial charge on any atom is -0.393 e. The Kier molecular flexibility index (Phi) is 4.62. The number of aliphatic hydroxyl groups excluding tert-OH is 1. The number of aromatic nitrogens is 4. The molecule has 0 bridgehead atoms. The number of rotatable bonds is 3. The first kappa shape index (κ1) is 16.8. The predicted molar refractivity (Wildman–Crippen MR) is 101 cm³/mol. The number of hydrogen-bond donors (Lipinski definition) is 2. The maximum atomic E-state index is 9.63. The highest BCUT2D eigenvalue weighted by atomic mass is 79.9. The third-order valence-corrected chi connectivity index (χ3v) is 5.23. The Morgan fingerprint density at radius 3 is 2.76 bits per heavy atom. The second kappa shape index (κ2) is 6.90. The summed E-state index contributed by atoms with van der Waals surface area (Å²) < 4.78 is 2.89. The van der Waals surface area contributed by atoms with Crippen LogP contribution in [-0.2, 0) is 0 Å². The third kappa shape index (κ3) is 3.49. The van der Waals surface area contributed by atoms with Crippen molar-refractivity contribution in [1.29, 1.82) is 0 Å². The van der Waals surface area contributed by atoms with E-state index in [0.717, 1.165) is 41.5 Å². The topological polar surface area (TPSA) is 75.3 Å². The summed E-state index contributed by atoms with van der Waals surface area (Å²) in [4.78, 5) is 13.3. The smallest absolute Gasteiger partial charge is 0.223 e. The van der Waals surface area contributed by atoms with Crippen LogP contribution in [-0.4, -0.2) is 36.6 Å². The van der Waals surface area contributed by atoms with Gasteiger partial charge >= 0.3 is 0 Å². The fraction of sp³-hybridized carbons (Fsp3) is 0.353. The molecule has 0 spiro atoms. The summed E-state index contributed by atoms with van der Waals surface area (Å²) in [7, 11) is 0. The van der Waals surface area contributed by atoms with E-state index in [0.29, 0.717) is 16.7 Å². The van der Waals surface area contributed by atoms with E-state index in [9.17, 15) is 5.11 Å². The van der Waals surface area contributed by atoms with Gasteiger partial charge in [-0.1, -0.05) is 11.6 Å². The van der Waals surface area contributed by atoms with Crippen LogP contribution in [0.2, 0.25) is 5.02 Å². The highest BCUT2D eigenvalue weighted by Crippen LogP contribution is 2.29. The highest BCUT2D eigenvalue weighted by molar-refractivity contribution is 9.10. The van der Waals surface area contributed by atoms with Crippen molar-refractivity contribution < 1.29 is 5.11 Å². The standard InChI is InChI=1S/C17H17BrClN5O/c18-10-1-6-15-20-8-14(24(15)9-10)16-13(19)7-21-17(23-16)22-11-2-4-12(25)5-3-11/h1,6-9,11-12,25H,2-5H2,(H,21,22,23). The molecule has 0 amide bonds. The lowest BCUT2D eigenvalue weighted by Crippen LogP contribution is -2.29. The van der Waals surface area contributed by atoms with Gasteiger partial charge in [0.15, 0.2) is 0 Å². The lowest BCUT2D eigenvalue weighted by Gasteiger charge is -2.26. The van der Waals surface area contributed by atoms with Crippen molar-refractivity contribution in [2.45, 2.75) is 37.8 Å². The molecule has 0 unspecified atom stereocenters. The van der Waals surface area contributed by atoms with Crippen molar-refractivity contribution >= 4 is 39.1 Å². The van der Waals surface area contributed by atoms with Crippen LogP contribution in [0.25, 0.3) is 17.0 Å². The van der Waals surface area contributed by atoms with Crippen LogP contribution in [0.3, 0.4) is 0 Å². The SMILES string of the molecule is OC1CCC(Nc2ncc(Cl)c(-c3cnc4ccc(Br)cn34)n2)CC1. The largest absolute Gasteiger partial charge is 0.393 e. The van der Waals surface area contributed by atoms with Crippen LogP contribution in [0, 0.1) is 0 Å². The molecule has 1 aliphatic rings. The lowest BCUT2D eigenvalue weighted by molar-refractivity contribution is 0.126. The van der Waals surface area contributed by atoms with Crippen molar-refractivity contribution in [3.63, 3.8) is 0 Å². The molecule has 0 atom stereocenters. The van der Waals surface area contributed by atoms with Crippen LogP contribution in [0.5, 0.6) is 0 Å².